The van der Waals surface area contributed by atoms with Crippen LogP contribution in [0.3, 0.4) is 0 Å². The lowest BCUT2D eigenvalue weighted by Crippen LogP contribution is -2.27. The Bertz CT molecular complexity index is 654. The molecule has 0 aliphatic rings. The molecular weight excluding hydrogens is 284 g/mol. The van der Waals surface area contributed by atoms with Gasteiger partial charge in [-0.1, -0.05) is 6.07 Å². The highest BCUT2D eigenvalue weighted by Gasteiger charge is 2.25. The number of nitrogens with one attached hydrogen (secondary N) is 2. The highest BCUT2D eigenvalue weighted by molar-refractivity contribution is 5.69. The standard InChI is InChI=1S/C14H18N6O2/c1-14(2,3)19-13-11(20(21)22)12(17-9-18-13)16-8-10-5-4-6-15-7-10/h4-7,9H,8H2,1-3H3,(H2,16,17,18,19). The van der Waals surface area contributed by atoms with E-state index in [1.54, 1.807) is 18.5 Å². The number of rotatable bonds is 5. The van der Waals surface area contributed by atoms with Gasteiger partial charge >= 0.3 is 5.69 Å². The Morgan fingerprint density at radius 3 is 2.59 bits per heavy atom. The monoisotopic (exact) mass is 302 g/mol. The van der Waals surface area contributed by atoms with Gasteiger partial charge in [-0.3, -0.25) is 15.1 Å². The lowest BCUT2D eigenvalue weighted by molar-refractivity contribution is -0.383. The van der Waals surface area contributed by atoms with Gasteiger partial charge in [-0.15, -0.1) is 0 Å². The van der Waals surface area contributed by atoms with Gasteiger partial charge in [0.05, 0.1) is 4.92 Å². The van der Waals surface area contributed by atoms with E-state index in [1.807, 2.05) is 26.8 Å². The van der Waals surface area contributed by atoms with Gasteiger partial charge in [-0.2, -0.15) is 0 Å². The number of hydrogen-bond donors (Lipinski definition) is 2. The lowest BCUT2D eigenvalue weighted by atomic mass is 10.1. The van der Waals surface area contributed by atoms with Crippen LogP contribution in [0, 0.1) is 10.1 Å². The molecule has 0 fully saturated rings. The minimum Gasteiger partial charge on any atom is -0.360 e. The summed E-state index contributed by atoms with van der Waals surface area (Å²) in [4.78, 5) is 22.9. The summed E-state index contributed by atoms with van der Waals surface area (Å²) in [6.07, 6.45) is 4.66. The molecule has 22 heavy (non-hydrogen) atoms. The van der Waals surface area contributed by atoms with Crippen molar-refractivity contribution in [3.8, 4) is 0 Å². The fourth-order valence-electron chi connectivity index (χ4n) is 1.82. The molecule has 8 nitrogen and oxygen atoms in total. The Morgan fingerprint density at radius 1 is 1.27 bits per heavy atom. The summed E-state index contributed by atoms with van der Waals surface area (Å²) >= 11 is 0. The minimum atomic E-state index is -0.486. The summed E-state index contributed by atoms with van der Waals surface area (Å²) in [5.74, 6) is 0.372. The van der Waals surface area contributed by atoms with Gasteiger partial charge in [0.1, 0.15) is 6.33 Å². The smallest absolute Gasteiger partial charge is 0.353 e. The Labute approximate surface area is 128 Å². The van der Waals surface area contributed by atoms with E-state index in [2.05, 4.69) is 25.6 Å². The first-order valence-corrected chi connectivity index (χ1v) is 6.77. The third kappa shape index (κ3) is 4.11. The van der Waals surface area contributed by atoms with Gasteiger partial charge in [-0.05, 0) is 32.4 Å². The summed E-state index contributed by atoms with van der Waals surface area (Å²) < 4.78 is 0. The highest BCUT2D eigenvalue weighted by Crippen LogP contribution is 2.30. The zero-order valence-electron chi connectivity index (χ0n) is 12.7. The summed E-state index contributed by atoms with van der Waals surface area (Å²) in [6.45, 7) is 6.10. The Hall–Kier alpha value is -2.77. The number of nitro groups is 1. The molecule has 2 heterocycles. The predicted molar refractivity (Wildman–Crippen MR) is 83.6 cm³/mol. The third-order valence-corrected chi connectivity index (χ3v) is 2.68. The first-order valence-electron chi connectivity index (χ1n) is 6.77. The van der Waals surface area contributed by atoms with Crippen molar-refractivity contribution in [1.82, 2.24) is 15.0 Å². The highest BCUT2D eigenvalue weighted by atomic mass is 16.6. The van der Waals surface area contributed by atoms with E-state index >= 15 is 0 Å². The van der Waals surface area contributed by atoms with Crippen molar-refractivity contribution < 1.29 is 4.92 Å². The fourth-order valence-corrected chi connectivity index (χ4v) is 1.82. The lowest BCUT2D eigenvalue weighted by Gasteiger charge is -2.21. The third-order valence-electron chi connectivity index (χ3n) is 2.68. The van der Waals surface area contributed by atoms with Crippen molar-refractivity contribution in [2.45, 2.75) is 32.9 Å². The summed E-state index contributed by atoms with van der Waals surface area (Å²) in [5, 5.41) is 17.4. The van der Waals surface area contributed by atoms with Gasteiger partial charge in [0, 0.05) is 24.5 Å². The maximum absolute atomic E-state index is 11.4. The topological polar surface area (TPSA) is 106 Å². The molecule has 0 aliphatic carbocycles. The fraction of sp³-hybridized carbons (Fsp3) is 0.357. The molecule has 2 aromatic rings. The average molecular weight is 302 g/mol. The number of anilines is 2. The van der Waals surface area contributed by atoms with Gasteiger partial charge in [0.2, 0.25) is 11.6 Å². The van der Waals surface area contributed by atoms with Crippen molar-refractivity contribution in [3.05, 3.63) is 46.5 Å². The van der Waals surface area contributed by atoms with E-state index < -0.39 is 4.92 Å². The van der Waals surface area contributed by atoms with Gasteiger partial charge < -0.3 is 10.6 Å². The first-order chi connectivity index (χ1) is 10.4. The molecule has 0 bridgehead atoms. The molecule has 0 saturated heterocycles. The SMILES string of the molecule is CC(C)(C)Nc1ncnc(NCc2cccnc2)c1[N+](=O)[O-]. The molecule has 0 aromatic carbocycles. The van der Waals surface area contributed by atoms with Crippen molar-refractivity contribution >= 4 is 17.3 Å². The maximum Gasteiger partial charge on any atom is 0.353 e. The summed E-state index contributed by atoms with van der Waals surface area (Å²) in [6, 6.07) is 3.68. The van der Waals surface area contributed by atoms with E-state index in [0.29, 0.717) is 6.54 Å². The second-order valence-electron chi connectivity index (χ2n) is 5.77. The molecule has 0 aliphatic heterocycles. The zero-order valence-corrected chi connectivity index (χ0v) is 12.7. The van der Waals surface area contributed by atoms with Crippen LogP contribution in [0.25, 0.3) is 0 Å². The summed E-state index contributed by atoms with van der Waals surface area (Å²) in [7, 11) is 0. The van der Waals surface area contributed by atoms with Crippen LogP contribution < -0.4 is 10.6 Å². The Kier molecular flexibility index (Phi) is 4.50. The van der Waals surface area contributed by atoms with Crippen molar-refractivity contribution in [2.24, 2.45) is 0 Å². The van der Waals surface area contributed by atoms with Gasteiger partial charge in [0.25, 0.3) is 0 Å². The van der Waals surface area contributed by atoms with E-state index in [-0.39, 0.29) is 22.9 Å². The van der Waals surface area contributed by atoms with E-state index in [4.69, 9.17) is 0 Å². The second kappa shape index (κ2) is 6.33. The molecule has 2 aromatic heterocycles. The van der Waals surface area contributed by atoms with Crippen LogP contribution in [0.5, 0.6) is 0 Å². The molecule has 116 valence electrons. The van der Waals surface area contributed by atoms with Crippen LogP contribution in [-0.2, 0) is 6.54 Å². The van der Waals surface area contributed by atoms with E-state index in [0.717, 1.165) is 5.56 Å². The van der Waals surface area contributed by atoms with E-state index in [1.165, 1.54) is 6.33 Å². The van der Waals surface area contributed by atoms with Crippen molar-refractivity contribution in [3.63, 3.8) is 0 Å². The number of pyridine rings is 1. The molecule has 0 unspecified atom stereocenters. The van der Waals surface area contributed by atoms with Crippen LogP contribution in [0.1, 0.15) is 26.3 Å². The average Bonchev–Trinajstić information content (AvgIpc) is 2.44. The minimum absolute atomic E-state index is 0.165. The van der Waals surface area contributed by atoms with Crippen LogP contribution in [0.4, 0.5) is 17.3 Å². The van der Waals surface area contributed by atoms with Crippen molar-refractivity contribution in [2.75, 3.05) is 10.6 Å². The van der Waals surface area contributed by atoms with Gasteiger partial charge in [-0.25, -0.2) is 9.97 Å². The normalized spacial score (nSPS) is 11.0. The molecule has 8 heteroatoms. The van der Waals surface area contributed by atoms with E-state index in [9.17, 15) is 10.1 Å². The number of hydrogen-bond acceptors (Lipinski definition) is 7. The molecule has 2 N–H and O–H groups in total. The van der Waals surface area contributed by atoms with Crippen LogP contribution in [-0.4, -0.2) is 25.4 Å². The Balaban J connectivity index is 2.27. The first kappa shape index (κ1) is 15.6. The van der Waals surface area contributed by atoms with Crippen molar-refractivity contribution in [1.29, 1.82) is 0 Å². The molecule has 0 spiro atoms. The molecular formula is C14H18N6O2. The molecule has 0 amide bonds. The maximum atomic E-state index is 11.4. The number of nitrogens with zero attached hydrogens (tertiary/aromatic N) is 4. The summed E-state index contributed by atoms with van der Waals surface area (Å²) in [5.41, 5.74) is 0.391. The second-order valence-corrected chi connectivity index (χ2v) is 5.77. The van der Waals surface area contributed by atoms with Crippen LogP contribution in [0.15, 0.2) is 30.9 Å². The van der Waals surface area contributed by atoms with Gasteiger partial charge in [0.15, 0.2) is 0 Å². The quantitative estimate of drug-likeness (QED) is 0.645. The molecule has 0 atom stereocenters. The van der Waals surface area contributed by atoms with Crippen LogP contribution >= 0.6 is 0 Å². The molecule has 2 rings (SSSR count). The largest absolute Gasteiger partial charge is 0.360 e. The molecule has 0 saturated carbocycles. The predicted octanol–water partition coefficient (Wildman–Crippen LogP) is 2.60. The number of aromatic nitrogens is 3. The Morgan fingerprint density at radius 2 is 2.00 bits per heavy atom. The van der Waals surface area contributed by atoms with Crippen LogP contribution in [0.2, 0.25) is 0 Å². The molecule has 0 radical (unpaired) electrons. The zero-order chi connectivity index (χ0) is 16.2.